The third-order valence-electron chi connectivity index (χ3n) is 3.56. The summed E-state index contributed by atoms with van der Waals surface area (Å²) in [6.07, 6.45) is 2.76. The summed E-state index contributed by atoms with van der Waals surface area (Å²) in [4.78, 5) is 0. The van der Waals surface area contributed by atoms with E-state index in [0.717, 1.165) is 24.4 Å². The van der Waals surface area contributed by atoms with E-state index in [1.165, 1.54) is 0 Å². The van der Waals surface area contributed by atoms with Gasteiger partial charge in [0, 0.05) is 28.0 Å². The summed E-state index contributed by atoms with van der Waals surface area (Å²) in [5.74, 6) is 1.09. The first-order valence-electron chi connectivity index (χ1n) is 6.78. The maximum atomic E-state index is 6.47. The average Bonchev–Trinajstić information content (AvgIpc) is 2.74. The molecule has 19 heavy (non-hydrogen) atoms. The van der Waals surface area contributed by atoms with Crippen molar-refractivity contribution in [2.24, 2.45) is 5.73 Å². The lowest BCUT2D eigenvalue weighted by molar-refractivity contribution is 0.537. The van der Waals surface area contributed by atoms with Crippen LogP contribution in [0.1, 0.15) is 38.9 Å². The Morgan fingerprint density at radius 3 is 2.89 bits per heavy atom. The Balaban J connectivity index is 2.15. The highest BCUT2D eigenvalue weighted by atomic mass is 35.5. The van der Waals surface area contributed by atoms with Crippen molar-refractivity contribution in [1.82, 2.24) is 9.78 Å². The SMILES string of the molecule is CCCn1ncc(Cl)c1C(N)C1CSC(C)C(C)S1. The smallest absolute Gasteiger partial charge is 0.0834 e. The van der Waals surface area contributed by atoms with E-state index >= 15 is 0 Å². The molecule has 6 heteroatoms. The van der Waals surface area contributed by atoms with Crippen LogP contribution >= 0.6 is 35.1 Å². The zero-order valence-corrected chi connectivity index (χ0v) is 14.1. The van der Waals surface area contributed by atoms with Crippen LogP contribution in [-0.4, -0.2) is 31.3 Å². The Kier molecular flexibility index (Phi) is 5.52. The van der Waals surface area contributed by atoms with Gasteiger partial charge in [-0.3, -0.25) is 4.68 Å². The fourth-order valence-electron chi connectivity index (χ4n) is 2.27. The number of nitrogens with zero attached hydrogens (tertiary/aromatic N) is 2. The normalized spacial score (nSPS) is 29.4. The second-order valence-electron chi connectivity index (χ2n) is 5.04. The van der Waals surface area contributed by atoms with E-state index in [2.05, 4.69) is 25.9 Å². The molecule has 0 amide bonds. The van der Waals surface area contributed by atoms with Crippen molar-refractivity contribution in [1.29, 1.82) is 0 Å². The second-order valence-corrected chi connectivity index (χ2v) is 8.48. The maximum absolute atomic E-state index is 6.47. The highest BCUT2D eigenvalue weighted by molar-refractivity contribution is 8.07. The fourth-order valence-corrected chi connectivity index (χ4v) is 5.55. The van der Waals surface area contributed by atoms with Crippen molar-refractivity contribution >= 4 is 35.1 Å². The molecule has 0 saturated carbocycles. The quantitative estimate of drug-likeness (QED) is 0.921. The molecule has 108 valence electrons. The molecule has 0 spiro atoms. The fraction of sp³-hybridized carbons (Fsp3) is 0.769. The van der Waals surface area contributed by atoms with Gasteiger partial charge in [0.05, 0.1) is 23.0 Å². The highest BCUT2D eigenvalue weighted by Crippen LogP contribution is 2.41. The first-order valence-corrected chi connectivity index (χ1v) is 9.15. The van der Waals surface area contributed by atoms with Gasteiger partial charge in [0.25, 0.3) is 0 Å². The van der Waals surface area contributed by atoms with Gasteiger partial charge in [0.2, 0.25) is 0 Å². The molecule has 1 fully saturated rings. The minimum Gasteiger partial charge on any atom is -0.322 e. The third-order valence-corrected chi connectivity index (χ3v) is 7.37. The zero-order chi connectivity index (χ0) is 14.0. The van der Waals surface area contributed by atoms with Crippen LogP contribution < -0.4 is 5.73 Å². The monoisotopic (exact) mass is 319 g/mol. The second kappa shape index (κ2) is 6.74. The van der Waals surface area contributed by atoms with Crippen LogP contribution in [0.4, 0.5) is 0 Å². The molecule has 2 N–H and O–H groups in total. The van der Waals surface area contributed by atoms with E-state index in [1.54, 1.807) is 6.20 Å². The molecule has 1 saturated heterocycles. The molecule has 4 unspecified atom stereocenters. The van der Waals surface area contributed by atoms with Crippen LogP contribution in [0.15, 0.2) is 6.20 Å². The van der Waals surface area contributed by atoms with Gasteiger partial charge in [-0.1, -0.05) is 32.4 Å². The molecule has 4 atom stereocenters. The number of hydrogen-bond acceptors (Lipinski definition) is 4. The van der Waals surface area contributed by atoms with E-state index < -0.39 is 0 Å². The molecule has 1 aromatic rings. The van der Waals surface area contributed by atoms with E-state index in [4.69, 9.17) is 17.3 Å². The Bertz CT molecular complexity index is 424. The van der Waals surface area contributed by atoms with Gasteiger partial charge in [0.1, 0.15) is 0 Å². The number of rotatable bonds is 4. The lowest BCUT2D eigenvalue weighted by atomic mass is 10.1. The maximum Gasteiger partial charge on any atom is 0.0834 e. The van der Waals surface area contributed by atoms with E-state index in [1.807, 2.05) is 28.2 Å². The number of halogens is 1. The molecular formula is C13H22ClN3S2. The Morgan fingerprint density at radius 2 is 2.26 bits per heavy atom. The van der Waals surface area contributed by atoms with Gasteiger partial charge < -0.3 is 5.73 Å². The van der Waals surface area contributed by atoms with Crippen LogP contribution in [0, 0.1) is 0 Å². The minimum absolute atomic E-state index is 0.0333. The molecule has 2 heterocycles. The van der Waals surface area contributed by atoms with Crippen molar-refractivity contribution in [3.63, 3.8) is 0 Å². The summed E-state index contributed by atoms with van der Waals surface area (Å²) in [5, 5.41) is 6.80. The summed E-state index contributed by atoms with van der Waals surface area (Å²) in [7, 11) is 0. The van der Waals surface area contributed by atoms with Crippen LogP contribution in [0.2, 0.25) is 5.02 Å². The minimum atomic E-state index is -0.0333. The Morgan fingerprint density at radius 1 is 1.53 bits per heavy atom. The molecule has 1 aliphatic rings. The molecule has 0 bridgehead atoms. The molecule has 2 rings (SSSR count). The standard InChI is InChI=1S/C13H22ClN3S2/c1-4-5-17-13(10(14)6-16-17)12(15)11-7-18-8(2)9(3)19-11/h6,8-9,11-12H,4-5,7,15H2,1-3H3. The van der Waals surface area contributed by atoms with Gasteiger partial charge in [-0.2, -0.15) is 28.6 Å². The Labute approximate surface area is 129 Å². The summed E-state index contributed by atoms with van der Waals surface area (Å²) in [6.45, 7) is 7.59. The van der Waals surface area contributed by atoms with Crippen LogP contribution in [0.25, 0.3) is 0 Å². The van der Waals surface area contributed by atoms with Crippen LogP contribution in [0.5, 0.6) is 0 Å². The number of hydrogen-bond donors (Lipinski definition) is 1. The largest absolute Gasteiger partial charge is 0.322 e. The van der Waals surface area contributed by atoms with Crippen LogP contribution in [-0.2, 0) is 6.54 Å². The first-order chi connectivity index (χ1) is 9.04. The Hall–Kier alpha value is 0.160. The molecule has 3 nitrogen and oxygen atoms in total. The number of aromatic nitrogens is 2. The molecular weight excluding hydrogens is 298 g/mol. The van der Waals surface area contributed by atoms with Crippen molar-refractivity contribution in [3.8, 4) is 0 Å². The number of thioether (sulfide) groups is 2. The van der Waals surface area contributed by atoms with Crippen molar-refractivity contribution in [2.75, 3.05) is 5.75 Å². The van der Waals surface area contributed by atoms with Crippen molar-refractivity contribution < 1.29 is 0 Å². The zero-order valence-electron chi connectivity index (χ0n) is 11.7. The van der Waals surface area contributed by atoms with Gasteiger partial charge in [0.15, 0.2) is 0 Å². The number of aryl methyl sites for hydroxylation is 1. The van der Waals surface area contributed by atoms with Crippen molar-refractivity contribution in [2.45, 2.75) is 55.5 Å². The lowest BCUT2D eigenvalue weighted by Gasteiger charge is -2.34. The summed E-state index contributed by atoms with van der Waals surface area (Å²) in [5.41, 5.74) is 7.48. The average molecular weight is 320 g/mol. The van der Waals surface area contributed by atoms with Gasteiger partial charge in [-0.25, -0.2) is 0 Å². The van der Waals surface area contributed by atoms with E-state index in [0.29, 0.717) is 20.8 Å². The third kappa shape index (κ3) is 3.43. The molecule has 1 aliphatic heterocycles. The van der Waals surface area contributed by atoms with Crippen LogP contribution in [0.3, 0.4) is 0 Å². The molecule has 0 aromatic carbocycles. The number of nitrogens with two attached hydrogens (primary N) is 1. The van der Waals surface area contributed by atoms with Crippen molar-refractivity contribution in [3.05, 3.63) is 16.9 Å². The predicted octanol–water partition coefficient (Wildman–Crippen LogP) is 3.57. The topological polar surface area (TPSA) is 43.8 Å². The van der Waals surface area contributed by atoms with E-state index in [-0.39, 0.29) is 6.04 Å². The van der Waals surface area contributed by atoms with Gasteiger partial charge >= 0.3 is 0 Å². The summed E-state index contributed by atoms with van der Waals surface area (Å²) in [6, 6.07) is -0.0333. The molecule has 0 radical (unpaired) electrons. The molecule has 1 aromatic heterocycles. The predicted molar refractivity (Wildman–Crippen MR) is 87.2 cm³/mol. The van der Waals surface area contributed by atoms with Gasteiger partial charge in [-0.05, 0) is 6.42 Å². The van der Waals surface area contributed by atoms with Gasteiger partial charge in [-0.15, -0.1) is 0 Å². The lowest BCUT2D eigenvalue weighted by Crippen LogP contribution is -2.35. The first kappa shape index (κ1) is 15.5. The summed E-state index contributed by atoms with van der Waals surface area (Å²) >= 11 is 10.3. The van der Waals surface area contributed by atoms with E-state index in [9.17, 15) is 0 Å². The molecule has 0 aliphatic carbocycles. The highest BCUT2D eigenvalue weighted by Gasteiger charge is 2.32. The summed E-state index contributed by atoms with van der Waals surface area (Å²) < 4.78 is 1.97.